The molecule has 0 amide bonds. The smallest absolute Gasteiger partial charge is 0.208 e. The Morgan fingerprint density at radius 3 is 2.32 bits per heavy atom. The SMILES string of the molecule is Cc1ccc(CN=C(NCCNS(C)(=O)=O)Nc2ccccc2)cc1. The molecule has 0 saturated heterocycles. The molecule has 2 aromatic rings. The number of benzene rings is 2. The van der Waals surface area contributed by atoms with E-state index in [1.165, 1.54) is 5.56 Å². The number of aliphatic imine (C=N–C) groups is 1. The number of hydrogen-bond acceptors (Lipinski definition) is 3. The predicted octanol–water partition coefficient (Wildman–Crippen LogP) is 2.10. The Labute approximate surface area is 149 Å². The lowest BCUT2D eigenvalue weighted by Crippen LogP contribution is -2.37. The summed E-state index contributed by atoms with van der Waals surface area (Å²) < 4.78 is 24.7. The zero-order valence-corrected chi connectivity index (χ0v) is 15.3. The highest BCUT2D eigenvalue weighted by Gasteiger charge is 2.02. The summed E-state index contributed by atoms with van der Waals surface area (Å²) in [6, 6.07) is 17.9. The van der Waals surface area contributed by atoms with E-state index in [4.69, 9.17) is 0 Å². The fourth-order valence-corrected chi connectivity index (χ4v) is 2.55. The molecule has 7 heteroatoms. The van der Waals surface area contributed by atoms with Crippen molar-refractivity contribution in [3.05, 3.63) is 65.7 Å². The minimum atomic E-state index is -3.19. The fourth-order valence-electron chi connectivity index (χ4n) is 2.08. The normalized spacial score (nSPS) is 12.0. The monoisotopic (exact) mass is 360 g/mol. The molecular weight excluding hydrogens is 336 g/mol. The van der Waals surface area contributed by atoms with Crippen molar-refractivity contribution in [3.63, 3.8) is 0 Å². The summed E-state index contributed by atoms with van der Waals surface area (Å²) >= 11 is 0. The van der Waals surface area contributed by atoms with Crippen LogP contribution in [0.1, 0.15) is 11.1 Å². The molecule has 0 heterocycles. The third-order valence-corrected chi connectivity index (χ3v) is 4.09. The van der Waals surface area contributed by atoms with Gasteiger partial charge < -0.3 is 10.6 Å². The molecule has 0 saturated carbocycles. The van der Waals surface area contributed by atoms with E-state index in [-0.39, 0.29) is 0 Å². The van der Waals surface area contributed by atoms with Crippen LogP contribution in [0, 0.1) is 6.92 Å². The van der Waals surface area contributed by atoms with Crippen molar-refractivity contribution < 1.29 is 8.42 Å². The molecule has 0 radical (unpaired) electrons. The van der Waals surface area contributed by atoms with Crippen LogP contribution < -0.4 is 15.4 Å². The fraction of sp³-hybridized carbons (Fsp3) is 0.278. The molecule has 6 nitrogen and oxygen atoms in total. The number of rotatable bonds is 7. The van der Waals surface area contributed by atoms with Crippen LogP contribution in [0.25, 0.3) is 0 Å². The van der Waals surface area contributed by atoms with E-state index in [2.05, 4.69) is 32.5 Å². The Hall–Kier alpha value is -2.38. The number of guanidine groups is 1. The van der Waals surface area contributed by atoms with Crippen LogP contribution in [0.5, 0.6) is 0 Å². The average molecular weight is 360 g/mol. The molecule has 0 bridgehead atoms. The number of nitrogens with zero attached hydrogens (tertiary/aromatic N) is 1. The van der Waals surface area contributed by atoms with Crippen molar-refractivity contribution in [1.29, 1.82) is 0 Å². The second-order valence-electron chi connectivity index (χ2n) is 5.73. The summed E-state index contributed by atoms with van der Waals surface area (Å²) in [5, 5.41) is 6.35. The Balaban J connectivity index is 1.99. The van der Waals surface area contributed by atoms with Crippen LogP contribution in [0.4, 0.5) is 5.69 Å². The first-order valence-corrected chi connectivity index (χ1v) is 9.92. The third-order valence-electron chi connectivity index (χ3n) is 3.36. The van der Waals surface area contributed by atoms with Crippen LogP contribution >= 0.6 is 0 Å². The zero-order chi connectivity index (χ0) is 18.1. The van der Waals surface area contributed by atoms with Gasteiger partial charge in [-0.05, 0) is 24.6 Å². The number of nitrogens with one attached hydrogen (secondary N) is 3. The first-order chi connectivity index (χ1) is 11.9. The van der Waals surface area contributed by atoms with Crippen LogP contribution in [-0.4, -0.2) is 33.7 Å². The third kappa shape index (κ3) is 7.82. The molecule has 0 aromatic heterocycles. The minimum Gasteiger partial charge on any atom is -0.355 e. The Morgan fingerprint density at radius 1 is 1.00 bits per heavy atom. The molecule has 0 aliphatic rings. The van der Waals surface area contributed by atoms with Gasteiger partial charge in [-0.3, -0.25) is 0 Å². The minimum absolute atomic E-state index is 0.291. The van der Waals surface area contributed by atoms with E-state index in [1.54, 1.807) is 0 Å². The molecule has 2 aromatic carbocycles. The van der Waals surface area contributed by atoms with Gasteiger partial charge in [0.2, 0.25) is 10.0 Å². The molecule has 0 atom stereocenters. The highest BCUT2D eigenvalue weighted by Crippen LogP contribution is 2.07. The summed E-state index contributed by atoms with van der Waals surface area (Å²) in [6.07, 6.45) is 1.14. The largest absolute Gasteiger partial charge is 0.355 e. The maximum Gasteiger partial charge on any atom is 0.208 e. The quantitative estimate of drug-likeness (QED) is 0.401. The van der Waals surface area contributed by atoms with E-state index in [0.29, 0.717) is 25.6 Å². The number of hydrogen-bond donors (Lipinski definition) is 3. The molecule has 0 spiro atoms. The van der Waals surface area contributed by atoms with Gasteiger partial charge in [0.15, 0.2) is 5.96 Å². The summed E-state index contributed by atoms with van der Waals surface area (Å²) in [5.74, 6) is 0.599. The van der Waals surface area contributed by atoms with Gasteiger partial charge in [0.25, 0.3) is 0 Å². The number of anilines is 1. The zero-order valence-electron chi connectivity index (χ0n) is 14.5. The van der Waals surface area contributed by atoms with Crippen LogP contribution in [0.3, 0.4) is 0 Å². The summed E-state index contributed by atoms with van der Waals surface area (Å²) in [4.78, 5) is 4.57. The van der Waals surface area contributed by atoms with Crippen molar-refractivity contribution in [2.45, 2.75) is 13.5 Å². The lowest BCUT2D eigenvalue weighted by Gasteiger charge is -2.13. The average Bonchev–Trinajstić information content (AvgIpc) is 2.58. The van der Waals surface area contributed by atoms with Crippen LogP contribution in [0.2, 0.25) is 0 Å². The molecule has 0 unspecified atom stereocenters. The van der Waals surface area contributed by atoms with E-state index in [0.717, 1.165) is 17.5 Å². The van der Waals surface area contributed by atoms with Crippen molar-refractivity contribution in [2.24, 2.45) is 4.99 Å². The van der Waals surface area contributed by atoms with E-state index >= 15 is 0 Å². The van der Waals surface area contributed by atoms with Gasteiger partial charge >= 0.3 is 0 Å². The number of sulfonamides is 1. The van der Waals surface area contributed by atoms with Crippen molar-refractivity contribution in [2.75, 3.05) is 24.7 Å². The van der Waals surface area contributed by atoms with Gasteiger partial charge in [-0.15, -0.1) is 0 Å². The van der Waals surface area contributed by atoms with E-state index in [1.807, 2.05) is 49.4 Å². The highest BCUT2D eigenvalue weighted by atomic mass is 32.2. The molecule has 0 fully saturated rings. The number of aryl methyl sites for hydroxylation is 1. The Morgan fingerprint density at radius 2 is 1.68 bits per heavy atom. The van der Waals surface area contributed by atoms with Gasteiger partial charge in [0, 0.05) is 18.8 Å². The lowest BCUT2D eigenvalue weighted by atomic mass is 10.1. The first-order valence-electron chi connectivity index (χ1n) is 8.03. The van der Waals surface area contributed by atoms with Crippen molar-refractivity contribution in [3.8, 4) is 0 Å². The van der Waals surface area contributed by atoms with Crippen LogP contribution in [0.15, 0.2) is 59.6 Å². The summed E-state index contributed by atoms with van der Waals surface area (Å²) in [6.45, 7) is 3.30. The topological polar surface area (TPSA) is 82.6 Å². The van der Waals surface area contributed by atoms with E-state index in [9.17, 15) is 8.42 Å². The molecule has 0 aliphatic carbocycles. The van der Waals surface area contributed by atoms with Gasteiger partial charge in [0.05, 0.1) is 12.8 Å². The molecular formula is C18H24N4O2S. The molecule has 3 N–H and O–H groups in total. The molecule has 134 valence electrons. The first kappa shape index (κ1) is 19.0. The second kappa shape index (κ2) is 9.19. The second-order valence-corrected chi connectivity index (χ2v) is 7.57. The predicted molar refractivity (Wildman–Crippen MR) is 103 cm³/mol. The van der Waals surface area contributed by atoms with Crippen molar-refractivity contribution in [1.82, 2.24) is 10.0 Å². The van der Waals surface area contributed by atoms with Gasteiger partial charge in [-0.1, -0.05) is 48.0 Å². The standard InChI is InChI=1S/C18H24N4O2S/c1-15-8-10-16(11-9-15)14-20-18(19-12-13-21-25(2,23)24)22-17-6-4-3-5-7-17/h3-11,21H,12-14H2,1-2H3,(H2,19,20,22). The van der Waals surface area contributed by atoms with Gasteiger partial charge in [0.1, 0.15) is 0 Å². The summed E-state index contributed by atoms with van der Waals surface area (Å²) in [7, 11) is -3.19. The number of para-hydroxylation sites is 1. The van der Waals surface area contributed by atoms with Crippen molar-refractivity contribution >= 4 is 21.7 Å². The lowest BCUT2D eigenvalue weighted by molar-refractivity contribution is 0.587. The van der Waals surface area contributed by atoms with Gasteiger partial charge in [-0.2, -0.15) is 0 Å². The Kier molecular flexibility index (Phi) is 6.97. The molecule has 2 rings (SSSR count). The maximum atomic E-state index is 11.1. The van der Waals surface area contributed by atoms with Gasteiger partial charge in [-0.25, -0.2) is 18.1 Å². The molecule has 0 aliphatic heterocycles. The summed E-state index contributed by atoms with van der Waals surface area (Å²) in [5.41, 5.74) is 3.23. The van der Waals surface area contributed by atoms with E-state index < -0.39 is 10.0 Å². The Bertz CT molecular complexity index is 788. The highest BCUT2D eigenvalue weighted by molar-refractivity contribution is 7.88. The molecule has 25 heavy (non-hydrogen) atoms. The van der Waals surface area contributed by atoms with Crippen LogP contribution in [-0.2, 0) is 16.6 Å². The maximum absolute atomic E-state index is 11.1.